The van der Waals surface area contributed by atoms with Gasteiger partial charge in [0, 0.05) is 24.8 Å². The molecule has 0 aromatic heterocycles. The van der Waals surface area contributed by atoms with Crippen LogP contribution in [-0.4, -0.2) is 40.4 Å². The first-order valence-electron chi connectivity index (χ1n) is 13.3. The summed E-state index contributed by atoms with van der Waals surface area (Å²) in [6, 6.07) is 24.1. The van der Waals surface area contributed by atoms with Crippen molar-refractivity contribution < 1.29 is 22.7 Å². The van der Waals surface area contributed by atoms with Crippen LogP contribution in [0.3, 0.4) is 0 Å². The molecule has 8 nitrogen and oxygen atoms in total. The predicted molar refractivity (Wildman–Crippen MR) is 177 cm³/mol. The minimum atomic E-state index is -3.99. The molecule has 3 aromatic rings. The molecule has 3 aromatic carbocycles. The Labute approximate surface area is 268 Å². The molecule has 0 heterocycles. The number of hydrogen-bond donors (Lipinski definition) is 2. The van der Waals surface area contributed by atoms with E-state index < -0.39 is 21.0 Å². The summed E-state index contributed by atoms with van der Waals surface area (Å²) in [6.45, 7) is 2.37. The highest BCUT2D eigenvalue weighted by Gasteiger charge is 2.41. The molecule has 2 atom stereocenters. The molecule has 0 radical (unpaired) electrons. The van der Waals surface area contributed by atoms with Gasteiger partial charge in [-0.05, 0) is 55.0 Å². The van der Waals surface area contributed by atoms with Crippen LogP contribution in [0.15, 0.2) is 84.9 Å². The minimum Gasteiger partial charge on any atom is -0.416 e. The summed E-state index contributed by atoms with van der Waals surface area (Å²) in [5, 5.41) is 6.04. The fraction of sp³-hybridized carbons (Fsp3) is 0.321. The molecule has 0 bridgehead atoms. The van der Waals surface area contributed by atoms with E-state index >= 15 is 0 Å². The molecule has 0 aliphatic carbocycles. The second kappa shape index (κ2) is 17.4. The maximum absolute atomic E-state index is 14.6. The van der Waals surface area contributed by atoms with Gasteiger partial charge >= 0.3 is 15.3 Å². The maximum Gasteiger partial charge on any atom is 0.452 e. The lowest BCUT2D eigenvalue weighted by molar-refractivity contribution is 0.358. The molecule has 0 fully saturated rings. The summed E-state index contributed by atoms with van der Waals surface area (Å²) < 4.78 is 48.5. The summed E-state index contributed by atoms with van der Waals surface area (Å²) in [5.74, 6) is 0.294. The molecule has 2 unspecified atom stereocenters. The van der Waals surface area contributed by atoms with Crippen molar-refractivity contribution in [2.75, 3.05) is 24.8 Å². The van der Waals surface area contributed by atoms with Crippen LogP contribution in [-0.2, 0) is 9.13 Å². The summed E-state index contributed by atoms with van der Waals surface area (Å²) >= 11 is 24.0. The van der Waals surface area contributed by atoms with E-state index in [1.54, 1.807) is 72.8 Å². The van der Waals surface area contributed by atoms with Crippen LogP contribution in [0.4, 0.5) is 0 Å². The van der Waals surface area contributed by atoms with E-state index in [0.29, 0.717) is 24.3 Å². The maximum atomic E-state index is 14.6. The molecule has 2 N–H and O–H groups in total. The van der Waals surface area contributed by atoms with Gasteiger partial charge in [-0.3, -0.25) is 5.09 Å². The number of hydrogen-bond acceptors (Lipinski definition) is 6. The Hall–Kier alpha value is -1.96. The largest absolute Gasteiger partial charge is 0.452 e. The van der Waals surface area contributed by atoms with Crippen molar-refractivity contribution in [3.05, 3.63) is 90.0 Å². The van der Waals surface area contributed by atoms with Crippen LogP contribution in [0.2, 0.25) is 5.02 Å². The number of thiocarbonyl (C=S) groups is 1. The normalized spacial score (nSPS) is 13.5. The lowest BCUT2D eigenvalue weighted by Gasteiger charge is -2.33. The number of rotatable bonds is 17. The summed E-state index contributed by atoms with van der Waals surface area (Å²) in [4.78, 5) is 0. The zero-order chi connectivity index (χ0) is 30.4. The van der Waals surface area contributed by atoms with E-state index in [1.165, 1.54) is 4.67 Å². The first kappa shape index (κ1) is 34.5. The van der Waals surface area contributed by atoms with Crippen LogP contribution in [0, 0.1) is 0 Å². The van der Waals surface area contributed by atoms with Crippen molar-refractivity contribution >= 4 is 67.4 Å². The van der Waals surface area contributed by atoms with E-state index in [4.69, 9.17) is 60.6 Å². The highest BCUT2D eigenvalue weighted by atomic mass is 35.5. The molecule has 3 rings (SSSR count). The molecule has 0 saturated heterocycles. The monoisotopic (exact) mass is 691 g/mol. The molecular formula is C28H34Cl3N3O5P2S. The Kier molecular flexibility index (Phi) is 14.3. The van der Waals surface area contributed by atoms with Gasteiger partial charge in [-0.2, -0.15) is 0 Å². The third kappa shape index (κ3) is 10.3. The number of nitrogens with zero attached hydrogens (tertiary/aromatic N) is 1. The summed E-state index contributed by atoms with van der Waals surface area (Å²) in [5.41, 5.74) is 0. The number of halogens is 3. The Morgan fingerprint density at radius 1 is 0.857 bits per heavy atom. The fourth-order valence-corrected chi connectivity index (χ4v) is 8.93. The number of benzene rings is 3. The zero-order valence-corrected chi connectivity index (χ0v) is 27.9. The Bertz CT molecular complexity index is 1310. The highest BCUT2D eigenvalue weighted by Crippen LogP contribution is 2.54. The van der Waals surface area contributed by atoms with Crippen LogP contribution < -0.4 is 24.0 Å². The molecule has 0 spiro atoms. The van der Waals surface area contributed by atoms with Crippen molar-refractivity contribution in [3.63, 3.8) is 0 Å². The van der Waals surface area contributed by atoms with E-state index in [0.717, 1.165) is 6.42 Å². The molecule has 14 heteroatoms. The van der Waals surface area contributed by atoms with E-state index in [9.17, 15) is 9.13 Å². The topological polar surface area (TPSA) is 89.1 Å². The van der Waals surface area contributed by atoms with E-state index in [-0.39, 0.29) is 40.7 Å². The molecular weight excluding hydrogens is 659 g/mol. The average Bonchev–Trinajstić information content (AvgIpc) is 2.97. The fourth-order valence-electron chi connectivity index (χ4n) is 3.79. The lowest BCUT2D eigenvalue weighted by atomic mass is 10.2. The second-order valence-electron chi connectivity index (χ2n) is 8.97. The second-order valence-corrected chi connectivity index (χ2v) is 14.6. The van der Waals surface area contributed by atoms with Crippen LogP contribution in [0.25, 0.3) is 0 Å². The first-order valence-corrected chi connectivity index (χ1v) is 18.4. The number of unbranched alkanes of at least 4 members (excludes halogenated alkanes) is 1. The van der Waals surface area contributed by atoms with Gasteiger partial charge in [0.05, 0.1) is 5.02 Å². The number of para-hydroxylation sites is 3. The van der Waals surface area contributed by atoms with Gasteiger partial charge in [-0.1, -0.05) is 79.9 Å². The highest BCUT2D eigenvalue weighted by molar-refractivity contribution is 7.81. The SMILES string of the molecule is CCCCC(NC(=S)NP(=O)(Oc1ccccc1Cl)N(CCCl)CCCl)P(=O)(Oc1ccccc1)Oc1ccccc1. The predicted octanol–water partition coefficient (Wildman–Crippen LogP) is 8.94. The summed E-state index contributed by atoms with van der Waals surface area (Å²) in [7, 11) is -7.97. The van der Waals surface area contributed by atoms with Gasteiger partial charge in [0.2, 0.25) is 0 Å². The third-order valence-corrected chi connectivity index (χ3v) is 11.0. The van der Waals surface area contributed by atoms with Gasteiger partial charge in [0.1, 0.15) is 17.2 Å². The van der Waals surface area contributed by atoms with E-state index in [1.807, 2.05) is 19.1 Å². The molecule has 0 amide bonds. The van der Waals surface area contributed by atoms with Crippen LogP contribution in [0.1, 0.15) is 26.2 Å². The van der Waals surface area contributed by atoms with Crippen LogP contribution >= 0.6 is 62.3 Å². The molecule has 0 aliphatic rings. The standard InChI is InChI=1S/C28H34Cl3N3O5P2S/c1-2-3-18-27(40(35,37-23-12-6-4-7-13-23)38-24-14-8-5-9-15-24)32-28(42)33-41(36,34(21-19-29)22-20-30)39-26-17-11-10-16-25(26)31/h4-17,27H,2-3,18-22H2,1H3,(H2,32,33,36,42). The molecule has 0 saturated carbocycles. The molecule has 42 heavy (non-hydrogen) atoms. The van der Waals surface area contributed by atoms with Crippen LogP contribution in [0.5, 0.6) is 17.2 Å². The smallest absolute Gasteiger partial charge is 0.416 e. The van der Waals surface area contributed by atoms with Gasteiger partial charge in [-0.15, -0.1) is 23.2 Å². The van der Waals surface area contributed by atoms with Gasteiger partial charge in [-0.25, -0.2) is 13.8 Å². The first-order chi connectivity index (χ1) is 20.2. The Balaban J connectivity index is 1.95. The quantitative estimate of drug-likeness (QED) is 0.0818. The molecule has 0 aliphatic heterocycles. The van der Waals surface area contributed by atoms with Gasteiger partial charge in [0.15, 0.2) is 10.9 Å². The minimum absolute atomic E-state index is 0.0887. The summed E-state index contributed by atoms with van der Waals surface area (Å²) in [6.07, 6.45) is 1.86. The van der Waals surface area contributed by atoms with Crippen molar-refractivity contribution in [2.45, 2.75) is 32.0 Å². The lowest BCUT2D eigenvalue weighted by Crippen LogP contribution is -2.45. The Morgan fingerprint density at radius 3 is 1.88 bits per heavy atom. The molecule has 228 valence electrons. The van der Waals surface area contributed by atoms with Gasteiger partial charge < -0.3 is 18.9 Å². The zero-order valence-electron chi connectivity index (χ0n) is 23.0. The van der Waals surface area contributed by atoms with Crippen molar-refractivity contribution in [1.82, 2.24) is 15.1 Å². The number of nitrogens with one attached hydrogen (secondary N) is 2. The van der Waals surface area contributed by atoms with Gasteiger partial charge in [0.25, 0.3) is 0 Å². The van der Waals surface area contributed by atoms with Crippen molar-refractivity contribution in [3.8, 4) is 17.2 Å². The number of alkyl halides is 2. The average molecular weight is 693 g/mol. The van der Waals surface area contributed by atoms with Crippen molar-refractivity contribution in [1.29, 1.82) is 0 Å². The third-order valence-electron chi connectivity index (χ3n) is 5.82. The van der Waals surface area contributed by atoms with E-state index in [2.05, 4.69) is 10.4 Å². The van der Waals surface area contributed by atoms with Crippen molar-refractivity contribution in [2.24, 2.45) is 0 Å². The Morgan fingerprint density at radius 2 is 1.38 bits per heavy atom.